The van der Waals surface area contributed by atoms with Crippen LogP contribution < -0.4 is 10.5 Å². The first-order chi connectivity index (χ1) is 7.76. The van der Waals surface area contributed by atoms with Gasteiger partial charge in [-0.2, -0.15) is 0 Å². The van der Waals surface area contributed by atoms with Gasteiger partial charge in [0.15, 0.2) is 0 Å². The molecule has 1 aromatic carbocycles. The average molecular weight is 221 g/mol. The summed E-state index contributed by atoms with van der Waals surface area (Å²) >= 11 is 0. The molecule has 0 aliphatic heterocycles. The topological polar surface area (TPSA) is 55.5 Å². The maximum Gasteiger partial charge on any atom is 0.124 e. The molecular formula is C13H19NO2. The lowest BCUT2D eigenvalue weighted by atomic mass is 10.0. The average Bonchev–Trinajstić information content (AvgIpc) is 2.74. The molecule has 0 spiro atoms. The molecule has 1 aliphatic carbocycles. The standard InChI is InChI=1S/C13H19NO2/c1-2-16-13-7-10-5-3-4-9(10)6-11(13)12(14)8-15/h6-7,12,15H,2-5,8,14H2,1H3/t12-/m1/s1. The number of fused-ring (bicyclic) bond motifs is 1. The van der Waals surface area contributed by atoms with Crippen molar-refractivity contribution in [1.29, 1.82) is 0 Å². The molecule has 0 fully saturated rings. The van der Waals surface area contributed by atoms with Crippen LogP contribution in [0.2, 0.25) is 0 Å². The van der Waals surface area contributed by atoms with Crippen molar-refractivity contribution in [1.82, 2.24) is 0 Å². The van der Waals surface area contributed by atoms with E-state index < -0.39 is 0 Å². The summed E-state index contributed by atoms with van der Waals surface area (Å²) in [5, 5.41) is 9.15. The second-order valence-electron chi connectivity index (χ2n) is 4.23. The highest BCUT2D eigenvalue weighted by Gasteiger charge is 2.18. The van der Waals surface area contributed by atoms with Crippen LogP contribution in [-0.2, 0) is 12.8 Å². The van der Waals surface area contributed by atoms with Crippen molar-refractivity contribution in [2.24, 2.45) is 5.73 Å². The van der Waals surface area contributed by atoms with E-state index in [4.69, 9.17) is 15.6 Å². The summed E-state index contributed by atoms with van der Waals surface area (Å²) in [4.78, 5) is 0. The molecule has 3 heteroatoms. The highest BCUT2D eigenvalue weighted by atomic mass is 16.5. The monoisotopic (exact) mass is 221 g/mol. The molecule has 0 amide bonds. The Labute approximate surface area is 96.2 Å². The van der Waals surface area contributed by atoms with E-state index in [1.54, 1.807) is 0 Å². The molecule has 1 aromatic rings. The van der Waals surface area contributed by atoms with E-state index in [2.05, 4.69) is 12.1 Å². The number of rotatable bonds is 4. The highest BCUT2D eigenvalue weighted by Crippen LogP contribution is 2.32. The number of benzene rings is 1. The van der Waals surface area contributed by atoms with Gasteiger partial charge in [-0.25, -0.2) is 0 Å². The zero-order chi connectivity index (χ0) is 11.5. The van der Waals surface area contributed by atoms with Crippen LogP contribution in [0.1, 0.15) is 36.1 Å². The zero-order valence-electron chi connectivity index (χ0n) is 9.70. The van der Waals surface area contributed by atoms with Crippen LogP contribution in [0, 0.1) is 0 Å². The lowest BCUT2D eigenvalue weighted by Crippen LogP contribution is -2.16. The quantitative estimate of drug-likeness (QED) is 0.811. The summed E-state index contributed by atoms with van der Waals surface area (Å²) in [7, 11) is 0. The molecule has 0 heterocycles. The molecular weight excluding hydrogens is 202 g/mol. The fourth-order valence-electron chi connectivity index (χ4n) is 2.29. The fraction of sp³-hybridized carbons (Fsp3) is 0.538. The predicted octanol–water partition coefficient (Wildman–Crippen LogP) is 1.57. The predicted molar refractivity (Wildman–Crippen MR) is 63.7 cm³/mol. The Morgan fingerprint density at radius 2 is 2.06 bits per heavy atom. The van der Waals surface area contributed by atoms with Crippen LogP contribution in [0.25, 0.3) is 0 Å². The molecule has 1 atom stereocenters. The van der Waals surface area contributed by atoms with Gasteiger partial charge in [0.1, 0.15) is 5.75 Å². The molecule has 88 valence electrons. The van der Waals surface area contributed by atoms with Crippen LogP contribution >= 0.6 is 0 Å². The van der Waals surface area contributed by atoms with Crippen molar-refractivity contribution in [2.45, 2.75) is 32.2 Å². The molecule has 0 aromatic heterocycles. The Hall–Kier alpha value is -1.06. The zero-order valence-corrected chi connectivity index (χ0v) is 9.70. The van der Waals surface area contributed by atoms with E-state index in [0.29, 0.717) is 6.61 Å². The van der Waals surface area contributed by atoms with Crippen LogP contribution in [-0.4, -0.2) is 18.3 Å². The van der Waals surface area contributed by atoms with Gasteiger partial charge < -0.3 is 15.6 Å². The third-order valence-electron chi connectivity index (χ3n) is 3.12. The van der Waals surface area contributed by atoms with Crippen LogP contribution in [0.15, 0.2) is 12.1 Å². The van der Waals surface area contributed by atoms with E-state index >= 15 is 0 Å². The summed E-state index contributed by atoms with van der Waals surface area (Å²) in [5.74, 6) is 0.838. The molecule has 0 bridgehead atoms. The third kappa shape index (κ3) is 2.06. The Morgan fingerprint density at radius 3 is 2.69 bits per heavy atom. The van der Waals surface area contributed by atoms with Gasteiger partial charge in [-0.1, -0.05) is 6.07 Å². The molecule has 3 nitrogen and oxygen atoms in total. The largest absolute Gasteiger partial charge is 0.494 e. The number of hydrogen-bond donors (Lipinski definition) is 2. The molecule has 2 rings (SSSR count). The molecule has 3 N–H and O–H groups in total. The summed E-state index contributed by atoms with van der Waals surface area (Å²) in [6.07, 6.45) is 3.45. The first-order valence-electron chi connectivity index (χ1n) is 5.91. The van der Waals surface area contributed by atoms with Crippen molar-refractivity contribution in [2.75, 3.05) is 13.2 Å². The van der Waals surface area contributed by atoms with Gasteiger partial charge in [-0.15, -0.1) is 0 Å². The Balaban J connectivity index is 2.40. The molecule has 0 radical (unpaired) electrons. The normalized spacial score (nSPS) is 15.9. The number of aliphatic hydroxyl groups excluding tert-OH is 1. The van der Waals surface area contributed by atoms with Crippen molar-refractivity contribution in [3.63, 3.8) is 0 Å². The van der Waals surface area contributed by atoms with Crippen molar-refractivity contribution in [3.05, 3.63) is 28.8 Å². The molecule has 1 aliphatic rings. The van der Waals surface area contributed by atoms with Crippen molar-refractivity contribution in [3.8, 4) is 5.75 Å². The second kappa shape index (κ2) is 4.85. The van der Waals surface area contributed by atoms with Crippen LogP contribution in [0.3, 0.4) is 0 Å². The summed E-state index contributed by atoms with van der Waals surface area (Å²) in [6.45, 7) is 2.55. The Morgan fingerprint density at radius 1 is 1.38 bits per heavy atom. The second-order valence-corrected chi connectivity index (χ2v) is 4.23. The third-order valence-corrected chi connectivity index (χ3v) is 3.12. The lowest BCUT2D eigenvalue weighted by Gasteiger charge is -2.16. The van der Waals surface area contributed by atoms with Gasteiger partial charge in [-0.3, -0.25) is 0 Å². The lowest BCUT2D eigenvalue weighted by molar-refractivity contribution is 0.261. The SMILES string of the molecule is CCOc1cc2c(cc1[C@H](N)CO)CCC2. The van der Waals surface area contributed by atoms with Gasteiger partial charge in [0, 0.05) is 5.56 Å². The van der Waals surface area contributed by atoms with E-state index in [0.717, 1.165) is 24.2 Å². The summed E-state index contributed by atoms with van der Waals surface area (Å²) in [5.41, 5.74) is 9.56. The highest BCUT2D eigenvalue weighted by molar-refractivity contribution is 5.46. The van der Waals surface area contributed by atoms with Crippen LogP contribution in [0.5, 0.6) is 5.75 Å². The minimum atomic E-state index is -0.340. The number of aliphatic hydroxyl groups is 1. The van der Waals surface area contributed by atoms with Gasteiger partial charge >= 0.3 is 0 Å². The smallest absolute Gasteiger partial charge is 0.124 e. The summed E-state index contributed by atoms with van der Waals surface area (Å²) in [6, 6.07) is 3.86. The van der Waals surface area contributed by atoms with Gasteiger partial charge in [0.05, 0.1) is 19.3 Å². The maximum atomic E-state index is 9.15. The molecule has 0 saturated heterocycles. The number of hydrogen-bond acceptors (Lipinski definition) is 3. The Kier molecular flexibility index (Phi) is 3.46. The maximum absolute atomic E-state index is 9.15. The minimum absolute atomic E-state index is 0.0428. The van der Waals surface area contributed by atoms with Crippen molar-refractivity contribution < 1.29 is 9.84 Å². The van der Waals surface area contributed by atoms with Gasteiger partial charge in [0.2, 0.25) is 0 Å². The number of aryl methyl sites for hydroxylation is 2. The van der Waals surface area contributed by atoms with E-state index in [1.165, 1.54) is 17.5 Å². The van der Waals surface area contributed by atoms with Crippen LogP contribution in [0.4, 0.5) is 0 Å². The fourth-order valence-corrected chi connectivity index (χ4v) is 2.29. The number of nitrogens with two attached hydrogens (primary N) is 1. The summed E-state index contributed by atoms with van der Waals surface area (Å²) < 4.78 is 5.59. The van der Waals surface area contributed by atoms with E-state index in [1.807, 2.05) is 6.92 Å². The first kappa shape index (κ1) is 11.4. The molecule has 0 unspecified atom stereocenters. The van der Waals surface area contributed by atoms with Gasteiger partial charge in [-0.05, 0) is 43.4 Å². The molecule has 16 heavy (non-hydrogen) atoms. The minimum Gasteiger partial charge on any atom is -0.494 e. The first-order valence-corrected chi connectivity index (χ1v) is 5.91. The van der Waals surface area contributed by atoms with E-state index in [9.17, 15) is 0 Å². The Bertz CT molecular complexity index is 376. The van der Waals surface area contributed by atoms with Gasteiger partial charge in [0.25, 0.3) is 0 Å². The molecule has 0 saturated carbocycles. The van der Waals surface area contributed by atoms with E-state index in [-0.39, 0.29) is 12.6 Å². The number of ether oxygens (including phenoxy) is 1. The van der Waals surface area contributed by atoms with Crippen molar-refractivity contribution >= 4 is 0 Å².